The molecular formula is C5H9NO4S. The monoisotopic (exact) mass is 179 g/mol. The maximum atomic E-state index is 10.8. The van der Waals surface area contributed by atoms with E-state index in [0.717, 1.165) is 6.26 Å². The molecule has 11 heavy (non-hydrogen) atoms. The van der Waals surface area contributed by atoms with E-state index in [0.29, 0.717) is 13.0 Å². The van der Waals surface area contributed by atoms with Crippen LogP contribution < -0.4 is 5.32 Å². The topological polar surface area (TPSA) is 72.5 Å². The summed E-state index contributed by atoms with van der Waals surface area (Å²) < 4.78 is 25.5. The minimum absolute atomic E-state index is 0.351. The minimum atomic E-state index is -3.50. The van der Waals surface area contributed by atoms with Crippen LogP contribution in [0.5, 0.6) is 0 Å². The lowest BCUT2D eigenvalue weighted by Crippen LogP contribution is -2.27. The van der Waals surface area contributed by atoms with Gasteiger partial charge in [0.25, 0.3) is 16.0 Å². The molecule has 5 nitrogen and oxygen atoms in total. The summed E-state index contributed by atoms with van der Waals surface area (Å²) in [6, 6.07) is 0. The summed E-state index contributed by atoms with van der Waals surface area (Å²) in [5.74, 6) is -0.351. The predicted molar refractivity (Wildman–Crippen MR) is 37.3 cm³/mol. The first-order chi connectivity index (χ1) is 4.99. The standard InChI is InChI=1S/C5H9NO4S/c1-11(8,9)10-4-2-3-6-5(4)7/h4H,2-3H2,1H3,(H,6,7)/t4-/m0/s1. The zero-order chi connectivity index (χ0) is 8.48. The van der Waals surface area contributed by atoms with E-state index >= 15 is 0 Å². The van der Waals surface area contributed by atoms with E-state index in [1.807, 2.05) is 0 Å². The minimum Gasteiger partial charge on any atom is -0.354 e. The van der Waals surface area contributed by atoms with Gasteiger partial charge < -0.3 is 5.32 Å². The van der Waals surface area contributed by atoms with Crippen molar-refractivity contribution < 1.29 is 17.4 Å². The van der Waals surface area contributed by atoms with Gasteiger partial charge in [-0.05, 0) is 0 Å². The molecule has 0 spiro atoms. The second-order valence-corrected chi connectivity index (χ2v) is 3.97. The van der Waals surface area contributed by atoms with Crippen molar-refractivity contribution in [3.63, 3.8) is 0 Å². The lowest BCUT2D eigenvalue weighted by molar-refractivity contribution is -0.124. The van der Waals surface area contributed by atoms with Crippen molar-refractivity contribution in [1.82, 2.24) is 5.32 Å². The van der Waals surface area contributed by atoms with Gasteiger partial charge >= 0.3 is 0 Å². The third-order valence-corrected chi connectivity index (χ3v) is 1.87. The van der Waals surface area contributed by atoms with Crippen molar-refractivity contribution in [2.75, 3.05) is 12.8 Å². The first-order valence-electron chi connectivity index (χ1n) is 3.15. The predicted octanol–water partition coefficient (Wildman–Crippen LogP) is -1.15. The molecule has 0 saturated carbocycles. The Morgan fingerprint density at radius 2 is 2.27 bits per heavy atom. The second-order valence-electron chi connectivity index (χ2n) is 2.37. The Kier molecular flexibility index (Phi) is 2.15. The number of hydrogen-bond donors (Lipinski definition) is 1. The number of rotatable bonds is 2. The zero-order valence-electron chi connectivity index (χ0n) is 6.03. The number of hydrogen-bond acceptors (Lipinski definition) is 4. The van der Waals surface area contributed by atoms with Crippen LogP contribution in [0.2, 0.25) is 0 Å². The van der Waals surface area contributed by atoms with E-state index < -0.39 is 16.2 Å². The maximum absolute atomic E-state index is 10.8. The summed E-state index contributed by atoms with van der Waals surface area (Å²) in [4.78, 5) is 10.8. The molecule has 0 aromatic heterocycles. The largest absolute Gasteiger partial charge is 0.354 e. The number of carbonyl (C=O) groups is 1. The van der Waals surface area contributed by atoms with Crippen LogP contribution in [0, 0.1) is 0 Å². The van der Waals surface area contributed by atoms with E-state index in [-0.39, 0.29) is 5.91 Å². The normalized spacial score (nSPS) is 25.2. The molecule has 0 aromatic rings. The van der Waals surface area contributed by atoms with Crippen molar-refractivity contribution >= 4 is 16.0 Å². The lowest BCUT2D eigenvalue weighted by Gasteiger charge is -2.04. The third-order valence-electron chi connectivity index (χ3n) is 1.29. The summed E-state index contributed by atoms with van der Waals surface area (Å²) in [5, 5.41) is 2.46. The van der Waals surface area contributed by atoms with E-state index in [2.05, 4.69) is 9.50 Å². The Morgan fingerprint density at radius 1 is 1.64 bits per heavy atom. The Bertz CT molecular complexity index is 258. The van der Waals surface area contributed by atoms with E-state index in [1.165, 1.54) is 0 Å². The molecule has 0 aliphatic carbocycles. The van der Waals surface area contributed by atoms with Crippen molar-refractivity contribution in [2.24, 2.45) is 0 Å². The average molecular weight is 179 g/mol. The van der Waals surface area contributed by atoms with Crippen molar-refractivity contribution in [3.8, 4) is 0 Å². The molecule has 0 aromatic carbocycles. The van der Waals surface area contributed by atoms with Crippen LogP contribution in [0.25, 0.3) is 0 Å². The van der Waals surface area contributed by atoms with Crippen LogP contribution in [-0.4, -0.2) is 33.2 Å². The quantitative estimate of drug-likeness (QED) is 0.543. The Balaban J connectivity index is 2.57. The molecule has 0 bridgehead atoms. The molecule has 64 valence electrons. The fraction of sp³-hybridized carbons (Fsp3) is 0.800. The molecule has 0 radical (unpaired) electrons. The Morgan fingerprint density at radius 3 is 2.64 bits per heavy atom. The summed E-state index contributed by atoms with van der Waals surface area (Å²) >= 11 is 0. The summed E-state index contributed by atoms with van der Waals surface area (Å²) in [5.41, 5.74) is 0. The first-order valence-corrected chi connectivity index (χ1v) is 4.97. The highest BCUT2D eigenvalue weighted by Crippen LogP contribution is 2.07. The molecule has 1 heterocycles. The van der Waals surface area contributed by atoms with Crippen molar-refractivity contribution in [1.29, 1.82) is 0 Å². The van der Waals surface area contributed by atoms with Crippen LogP contribution in [0.1, 0.15) is 6.42 Å². The summed E-state index contributed by atoms with van der Waals surface area (Å²) in [6.45, 7) is 0.485. The third kappa shape index (κ3) is 2.47. The molecule has 1 atom stereocenters. The maximum Gasteiger partial charge on any atom is 0.265 e. The van der Waals surface area contributed by atoms with Gasteiger partial charge in [0.1, 0.15) is 0 Å². The first kappa shape index (κ1) is 8.48. The van der Waals surface area contributed by atoms with Crippen molar-refractivity contribution in [2.45, 2.75) is 12.5 Å². The number of nitrogens with one attached hydrogen (secondary N) is 1. The van der Waals surface area contributed by atoms with Gasteiger partial charge in [0, 0.05) is 13.0 Å². The van der Waals surface area contributed by atoms with Gasteiger partial charge in [-0.3, -0.25) is 8.98 Å². The van der Waals surface area contributed by atoms with Gasteiger partial charge in [0.05, 0.1) is 6.26 Å². The van der Waals surface area contributed by atoms with E-state index in [1.54, 1.807) is 0 Å². The Labute approximate surface area is 64.9 Å². The molecule has 1 rings (SSSR count). The van der Waals surface area contributed by atoms with Crippen LogP contribution >= 0.6 is 0 Å². The van der Waals surface area contributed by atoms with Gasteiger partial charge in [-0.2, -0.15) is 8.42 Å². The molecule has 0 unspecified atom stereocenters. The average Bonchev–Trinajstić information content (AvgIpc) is 2.12. The molecule has 6 heteroatoms. The SMILES string of the molecule is CS(=O)(=O)O[C@H]1CCNC1=O. The fourth-order valence-electron chi connectivity index (χ4n) is 0.874. The molecule has 1 amide bonds. The number of amides is 1. The lowest BCUT2D eigenvalue weighted by atomic mass is 10.3. The van der Waals surface area contributed by atoms with Crippen LogP contribution in [0.4, 0.5) is 0 Å². The van der Waals surface area contributed by atoms with Gasteiger partial charge in [0.2, 0.25) is 0 Å². The molecular weight excluding hydrogens is 170 g/mol. The summed E-state index contributed by atoms with van der Waals surface area (Å²) in [7, 11) is -3.50. The molecule has 1 saturated heterocycles. The van der Waals surface area contributed by atoms with Crippen LogP contribution in [0.15, 0.2) is 0 Å². The zero-order valence-corrected chi connectivity index (χ0v) is 6.85. The van der Waals surface area contributed by atoms with Crippen molar-refractivity contribution in [3.05, 3.63) is 0 Å². The van der Waals surface area contributed by atoms with Gasteiger partial charge in [0.15, 0.2) is 6.10 Å². The second kappa shape index (κ2) is 2.78. The molecule has 1 N–H and O–H groups in total. The molecule has 1 aliphatic rings. The molecule has 1 fully saturated rings. The molecule has 1 aliphatic heterocycles. The van der Waals surface area contributed by atoms with E-state index in [4.69, 9.17) is 0 Å². The highest BCUT2D eigenvalue weighted by molar-refractivity contribution is 7.86. The van der Waals surface area contributed by atoms with Crippen LogP contribution in [0.3, 0.4) is 0 Å². The van der Waals surface area contributed by atoms with Gasteiger partial charge in [-0.1, -0.05) is 0 Å². The van der Waals surface area contributed by atoms with Crippen LogP contribution in [-0.2, 0) is 19.1 Å². The van der Waals surface area contributed by atoms with E-state index in [9.17, 15) is 13.2 Å². The summed E-state index contributed by atoms with van der Waals surface area (Å²) in [6.07, 6.45) is 0.537. The van der Waals surface area contributed by atoms with Gasteiger partial charge in [-0.15, -0.1) is 0 Å². The fourth-order valence-corrected chi connectivity index (χ4v) is 1.48. The number of carbonyl (C=O) groups excluding carboxylic acids is 1. The smallest absolute Gasteiger partial charge is 0.265 e. The van der Waals surface area contributed by atoms with Gasteiger partial charge in [-0.25, -0.2) is 0 Å². The highest BCUT2D eigenvalue weighted by Gasteiger charge is 2.28. The highest BCUT2D eigenvalue weighted by atomic mass is 32.2. The Hall–Kier alpha value is -0.620.